The van der Waals surface area contributed by atoms with Gasteiger partial charge in [0.1, 0.15) is 6.54 Å². The van der Waals surface area contributed by atoms with Crippen LogP contribution < -0.4 is 5.11 Å². The summed E-state index contributed by atoms with van der Waals surface area (Å²) in [5, 5.41) is 29.0. The SMILES string of the molecule is CCCCCCCCCC/C=C/C[N+](CC(=O)[O-])(CC(=O)O)CC(=O)O. The quantitative estimate of drug-likeness (QED) is 0.229. The summed E-state index contributed by atoms with van der Waals surface area (Å²) in [5.41, 5.74) is 0. The van der Waals surface area contributed by atoms with Gasteiger partial charge < -0.3 is 20.1 Å². The average Bonchev–Trinajstić information content (AvgIpc) is 2.50. The van der Waals surface area contributed by atoms with Gasteiger partial charge in [0, 0.05) is 0 Å². The number of quaternary nitrogens is 1. The van der Waals surface area contributed by atoms with Gasteiger partial charge in [0.05, 0.1) is 12.5 Å². The Kier molecular flexibility index (Phi) is 13.3. The van der Waals surface area contributed by atoms with Gasteiger partial charge >= 0.3 is 11.9 Å². The third-order valence-electron chi connectivity index (χ3n) is 4.29. The predicted molar refractivity (Wildman–Crippen MR) is 96.4 cm³/mol. The number of unbranched alkanes of at least 4 members (excludes halogenated alkanes) is 8. The highest BCUT2D eigenvalue weighted by atomic mass is 16.4. The van der Waals surface area contributed by atoms with Crippen LogP contribution in [-0.4, -0.2) is 58.8 Å². The number of carboxylic acid groups (broad SMARTS) is 3. The first-order chi connectivity index (χ1) is 12.3. The Hall–Kier alpha value is -1.89. The number of carbonyl (C=O) groups is 3. The van der Waals surface area contributed by atoms with Crippen LogP contribution in [0.4, 0.5) is 0 Å². The molecule has 0 aromatic rings. The summed E-state index contributed by atoms with van der Waals surface area (Å²) in [6, 6.07) is 0. The minimum absolute atomic E-state index is 0.0452. The van der Waals surface area contributed by atoms with Gasteiger partial charge in [0.15, 0.2) is 13.1 Å². The molecule has 0 rings (SSSR count). The van der Waals surface area contributed by atoms with Crippen LogP contribution in [0.1, 0.15) is 64.7 Å². The molecule has 0 aromatic heterocycles. The number of hydrogen-bond donors (Lipinski definition) is 2. The van der Waals surface area contributed by atoms with Crippen molar-refractivity contribution in [1.82, 2.24) is 0 Å². The van der Waals surface area contributed by atoms with Crippen LogP contribution in [0.5, 0.6) is 0 Å². The van der Waals surface area contributed by atoms with Gasteiger partial charge in [-0.25, -0.2) is 9.59 Å². The molecule has 0 aromatic carbocycles. The van der Waals surface area contributed by atoms with E-state index in [9.17, 15) is 19.5 Å². The molecule has 0 radical (unpaired) electrons. The maximum absolute atomic E-state index is 11.0. The summed E-state index contributed by atoms with van der Waals surface area (Å²) in [5.74, 6) is -3.92. The first-order valence-corrected chi connectivity index (χ1v) is 9.45. The van der Waals surface area contributed by atoms with Crippen LogP contribution in [0.3, 0.4) is 0 Å². The molecule has 0 aliphatic carbocycles. The van der Waals surface area contributed by atoms with Gasteiger partial charge in [-0.3, -0.25) is 4.48 Å². The highest BCUT2D eigenvalue weighted by Gasteiger charge is 2.32. The molecular formula is C19H33NO6. The normalized spacial score (nSPS) is 11.7. The number of allylic oxidation sites excluding steroid dienone is 1. The standard InChI is InChI=1S/C19H33NO6/c1-2-3-4-5-6-7-8-9-10-11-12-13-20(14-17(21)22,15-18(23)24)16-19(25)26/h11-12H,2-10,13-16H2,1H3,(H2-,21,22,23,24,25,26)/b12-11+. The van der Waals surface area contributed by atoms with E-state index in [0.717, 1.165) is 19.3 Å². The number of carbonyl (C=O) groups excluding carboxylic acids is 1. The lowest BCUT2D eigenvalue weighted by molar-refractivity contribution is -0.903. The first-order valence-electron chi connectivity index (χ1n) is 9.45. The predicted octanol–water partition coefficient (Wildman–Crippen LogP) is 1.81. The number of rotatable bonds is 17. The minimum Gasteiger partial charge on any atom is -0.544 e. The summed E-state index contributed by atoms with van der Waals surface area (Å²) < 4.78 is -0.582. The monoisotopic (exact) mass is 371 g/mol. The highest BCUT2D eigenvalue weighted by Crippen LogP contribution is 2.11. The van der Waals surface area contributed by atoms with Gasteiger partial charge in [-0.2, -0.15) is 0 Å². The molecule has 2 N–H and O–H groups in total. The van der Waals surface area contributed by atoms with Crippen LogP contribution >= 0.6 is 0 Å². The molecule has 0 saturated heterocycles. The first kappa shape index (κ1) is 24.1. The summed E-state index contributed by atoms with van der Waals surface area (Å²) in [6.45, 7) is 0.467. The molecule has 0 unspecified atom stereocenters. The lowest BCUT2D eigenvalue weighted by atomic mass is 10.1. The lowest BCUT2D eigenvalue weighted by Gasteiger charge is -2.35. The summed E-state index contributed by atoms with van der Waals surface area (Å²) in [6.07, 6.45) is 14.1. The van der Waals surface area contributed by atoms with Crippen molar-refractivity contribution in [2.45, 2.75) is 64.7 Å². The fourth-order valence-electron chi connectivity index (χ4n) is 3.02. The molecule has 0 amide bonds. The molecule has 0 aliphatic heterocycles. The lowest BCUT2D eigenvalue weighted by Crippen LogP contribution is -2.58. The molecule has 7 heteroatoms. The molecule has 26 heavy (non-hydrogen) atoms. The Morgan fingerprint density at radius 1 is 0.808 bits per heavy atom. The van der Waals surface area contributed by atoms with Gasteiger partial charge in [0.2, 0.25) is 0 Å². The topological polar surface area (TPSA) is 115 Å². The van der Waals surface area contributed by atoms with Crippen molar-refractivity contribution in [2.75, 3.05) is 26.2 Å². The smallest absolute Gasteiger partial charge is 0.359 e. The molecular weight excluding hydrogens is 338 g/mol. The fraction of sp³-hybridized carbons (Fsp3) is 0.737. The Bertz CT molecular complexity index is 420. The molecule has 0 fully saturated rings. The highest BCUT2D eigenvalue weighted by molar-refractivity contribution is 5.72. The van der Waals surface area contributed by atoms with Crippen LogP contribution in [0.2, 0.25) is 0 Å². The summed E-state index contributed by atoms with van der Waals surface area (Å²) >= 11 is 0. The van der Waals surface area contributed by atoms with Gasteiger partial charge in [-0.1, -0.05) is 57.9 Å². The Balaban J connectivity index is 4.32. The van der Waals surface area contributed by atoms with Crippen LogP contribution in [0, 0.1) is 0 Å². The maximum atomic E-state index is 11.0. The summed E-state index contributed by atoms with van der Waals surface area (Å²) in [4.78, 5) is 33.0. The maximum Gasteiger partial charge on any atom is 0.359 e. The van der Waals surface area contributed by atoms with Crippen LogP contribution in [-0.2, 0) is 14.4 Å². The molecule has 0 atom stereocenters. The van der Waals surface area contributed by atoms with Gasteiger partial charge in [0.25, 0.3) is 0 Å². The number of carboxylic acids is 3. The largest absolute Gasteiger partial charge is 0.544 e. The van der Waals surface area contributed by atoms with Gasteiger partial charge in [-0.05, 0) is 18.9 Å². The zero-order valence-corrected chi connectivity index (χ0v) is 15.8. The fourth-order valence-corrected chi connectivity index (χ4v) is 3.02. The minimum atomic E-state index is -1.45. The van der Waals surface area contributed by atoms with E-state index in [1.54, 1.807) is 6.08 Å². The van der Waals surface area contributed by atoms with E-state index in [1.165, 1.54) is 38.5 Å². The van der Waals surface area contributed by atoms with Crippen molar-refractivity contribution in [3.05, 3.63) is 12.2 Å². The van der Waals surface area contributed by atoms with E-state index < -0.39 is 42.0 Å². The zero-order chi connectivity index (χ0) is 19.8. The van der Waals surface area contributed by atoms with E-state index in [0.29, 0.717) is 0 Å². The van der Waals surface area contributed by atoms with Crippen LogP contribution in [0.15, 0.2) is 12.2 Å². The van der Waals surface area contributed by atoms with Crippen molar-refractivity contribution in [2.24, 2.45) is 0 Å². The molecule has 0 saturated carbocycles. The van der Waals surface area contributed by atoms with E-state index >= 15 is 0 Å². The van der Waals surface area contributed by atoms with Crippen molar-refractivity contribution >= 4 is 17.9 Å². The van der Waals surface area contributed by atoms with E-state index in [1.807, 2.05) is 6.08 Å². The molecule has 0 bridgehead atoms. The van der Waals surface area contributed by atoms with Crippen molar-refractivity contribution in [3.63, 3.8) is 0 Å². The van der Waals surface area contributed by atoms with Crippen molar-refractivity contribution in [3.8, 4) is 0 Å². The molecule has 0 heterocycles. The second-order valence-corrected chi connectivity index (χ2v) is 6.89. The third kappa shape index (κ3) is 13.4. The number of aliphatic carboxylic acids is 3. The number of nitrogens with zero attached hydrogens (tertiary/aromatic N) is 1. The Morgan fingerprint density at radius 2 is 1.31 bits per heavy atom. The Morgan fingerprint density at radius 3 is 1.77 bits per heavy atom. The van der Waals surface area contributed by atoms with Gasteiger partial charge in [-0.15, -0.1) is 0 Å². The van der Waals surface area contributed by atoms with Crippen molar-refractivity contribution in [1.29, 1.82) is 0 Å². The number of hydrogen-bond acceptors (Lipinski definition) is 4. The molecule has 0 aliphatic rings. The van der Waals surface area contributed by atoms with E-state index in [2.05, 4.69) is 6.92 Å². The third-order valence-corrected chi connectivity index (χ3v) is 4.29. The molecule has 7 nitrogen and oxygen atoms in total. The zero-order valence-electron chi connectivity index (χ0n) is 15.8. The molecule has 150 valence electrons. The molecule has 0 spiro atoms. The van der Waals surface area contributed by atoms with E-state index in [-0.39, 0.29) is 6.54 Å². The average molecular weight is 371 g/mol. The van der Waals surface area contributed by atoms with Crippen molar-refractivity contribution < 1.29 is 34.2 Å². The second-order valence-electron chi connectivity index (χ2n) is 6.89. The summed E-state index contributed by atoms with van der Waals surface area (Å²) in [7, 11) is 0. The van der Waals surface area contributed by atoms with Crippen LogP contribution in [0.25, 0.3) is 0 Å². The second kappa shape index (κ2) is 14.3. The Labute approximate surface area is 155 Å². The van der Waals surface area contributed by atoms with E-state index in [4.69, 9.17) is 10.2 Å².